The molecule has 18 nitrogen and oxygen atoms in total. The Balaban J connectivity index is 0.660. The number of nitrogen functional groups attached to an aromatic ring is 1. The second-order valence-corrected chi connectivity index (χ2v) is 21.2. The number of ether oxygens (including phenoxy) is 2. The van der Waals surface area contributed by atoms with Crippen molar-refractivity contribution in [3.8, 4) is 39.2 Å². The van der Waals surface area contributed by atoms with E-state index in [1.54, 1.807) is 34.4 Å². The number of hydrogen-bond donors (Lipinski definition) is 3. The molecule has 6 atom stereocenters. The molecule has 8 heterocycles. The quantitative estimate of drug-likeness (QED) is 0.0794. The second-order valence-electron chi connectivity index (χ2n) is 20.4. The molecule has 0 spiro atoms. The summed E-state index contributed by atoms with van der Waals surface area (Å²) in [5.41, 5.74) is 14.5. The average molecular weight is 1020 g/mol. The minimum absolute atomic E-state index is 0.106. The molecule has 4 N–H and O–H groups in total. The van der Waals surface area contributed by atoms with Crippen molar-refractivity contribution in [1.82, 2.24) is 45.3 Å². The lowest BCUT2D eigenvalue weighted by Crippen LogP contribution is -2.54. The highest BCUT2D eigenvalue weighted by atomic mass is 32.1. The van der Waals surface area contributed by atoms with Crippen LogP contribution in [0.5, 0.6) is 17.5 Å². The van der Waals surface area contributed by atoms with E-state index >= 15 is 0 Å². The van der Waals surface area contributed by atoms with E-state index in [2.05, 4.69) is 81.4 Å². The van der Waals surface area contributed by atoms with Gasteiger partial charge in [-0.1, -0.05) is 50.2 Å². The molecule has 2 bridgehead atoms. The van der Waals surface area contributed by atoms with Gasteiger partial charge in [-0.3, -0.25) is 19.4 Å². The van der Waals surface area contributed by atoms with Gasteiger partial charge in [0.15, 0.2) is 11.6 Å². The van der Waals surface area contributed by atoms with Crippen molar-refractivity contribution >= 4 is 40.3 Å². The monoisotopic (exact) mass is 1020 g/mol. The van der Waals surface area contributed by atoms with Crippen molar-refractivity contribution < 1.29 is 28.7 Å². The number of aromatic nitrogens is 5. The number of hydrogen-bond acceptors (Lipinski definition) is 17. The number of nitrogens with zero attached hydrogens (tertiary/aromatic N) is 10. The maximum absolute atomic E-state index is 14.2. The summed E-state index contributed by atoms with van der Waals surface area (Å²) < 4.78 is 18.2. The number of aromatic hydroxyl groups is 1. The first-order valence-corrected chi connectivity index (χ1v) is 26.8. The molecule has 4 aliphatic heterocycles. The summed E-state index contributed by atoms with van der Waals surface area (Å²) >= 11 is 1.61. The van der Waals surface area contributed by atoms with Crippen LogP contribution in [0, 0.1) is 19.3 Å². The third-order valence-corrected chi connectivity index (χ3v) is 16.1. The van der Waals surface area contributed by atoms with Gasteiger partial charge in [0, 0.05) is 100 Å². The SMILES string of the molecule is Cc1ncsc1-c1ccc([C@H](C)NC(=O)[C@@H]2C[CH]CN2C(=O)[C@@H](c2cc(OCCN3CCN(CCOc4cc(N5[C@H]6CC[C@H]5CN(c5cc(-c7ccccc7O)nnc5N)C6)ccn4)[C@H](C)C3)no2)C(C)C)cc1. The fourth-order valence-electron chi connectivity index (χ4n) is 11.2. The molecule has 4 aromatic heterocycles. The van der Waals surface area contributed by atoms with Crippen LogP contribution >= 0.6 is 11.3 Å². The fraction of sp³-hybridized carbons (Fsp3) is 0.455. The molecular weight excluding hydrogens is 957 g/mol. The van der Waals surface area contributed by atoms with Crippen LogP contribution in [0.25, 0.3) is 21.7 Å². The standard InChI is InChI=1S/C55H67N12O6S/c1-34(2)51(55(70)66-20-8-10-45(66)54(69)59-36(4)38-12-14-39(15-13-38)52-37(5)58-33-74-52)48-29-50(62-73-48)72-25-23-63-21-22-64(35(3)30-63)24-26-71-49-27-40(18-19-57-49)67-41-16-17-42(67)32-65(31-41)46-28-44(60-61-53(46)56)43-9-6-7-11-47(43)68/h6-9,11-15,18-19,27-29,33-36,41-42,45,51,68H,10,16-17,20-26,30-32H2,1-5H3,(H2,56,61)(H,59,69)/t35-,36+,41+,42+,45+,51-/m1/s1. The van der Waals surface area contributed by atoms with Crippen molar-refractivity contribution in [3.63, 3.8) is 0 Å². The van der Waals surface area contributed by atoms with Gasteiger partial charge >= 0.3 is 0 Å². The van der Waals surface area contributed by atoms with Gasteiger partial charge in [-0.15, -0.1) is 21.5 Å². The van der Waals surface area contributed by atoms with Gasteiger partial charge in [0.05, 0.1) is 33.5 Å². The number of phenols is 1. The van der Waals surface area contributed by atoms with Crippen LogP contribution in [0.1, 0.15) is 75.9 Å². The molecule has 0 unspecified atom stereocenters. The summed E-state index contributed by atoms with van der Waals surface area (Å²) in [5, 5.41) is 26.4. The van der Waals surface area contributed by atoms with Gasteiger partial charge in [-0.05, 0) is 92.9 Å². The Labute approximate surface area is 436 Å². The molecule has 19 heteroatoms. The summed E-state index contributed by atoms with van der Waals surface area (Å²) in [6, 6.07) is 23.2. The van der Waals surface area contributed by atoms with Crippen LogP contribution in [0.15, 0.2) is 89.0 Å². The molecule has 1 radical (unpaired) electrons. The van der Waals surface area contributed by atoms with Crippen LogP contribution in [0.3, 0.4) is 0 Å². The molecule has 4 fully saturated rings. The number of amides is 2. The highest BCUT2D eigenvalue weighted by Crippen LogP contribution is 2.40. The van der Waals surface area contributed by atoms with E-state index in [-0.39, 0.29) is 41.6 Å². The van der Waals surface area contributed by atoms with Gasteiger partial charge in [-0.25, -0.2) is 9.97 Å². The molecule has 6 aromatic rings. The summed E-state index contributed by atoms with van der Waals surface area (Å²) in [6.07, 6.45) is 6.44. The first kappa shape index (κ1) is 50.7. The Kier molecular flexibility index (Phi) is 15.3. The highest BCUT2D eigenvalue weighted by Gasteiger charge is 2.42. The molecule has 2 aromatic carbocycles. The molecule has 0 aliphatic carbocycles. The molecular formula is C55H67N12O6S. The van der Waals surface area contributed by atoms with Gasteiger partial charge in [0.2, 0.25) is 17.7 Å². The highest BCUT2D eigenvalue weighted by molar-refractivity contribution is 7.13. The molecule has 2 amide bonds. The average Bonchev–Trinajstić information content (AvgIpc) is 4.22. The number of pyridine rings is 1. The third-order valence-electron chi connectivity index (χ3n) is 15.2. The van der Waals surface area contributed by atoms with Crippen LogP contribution < -0.4 is 30.3 Å². The number of fused-ring (bicyclic) bond motifs is 2. The number of para-hydroxylation sites is 1. The van der Waals surface area contributed by atoms with Crippen LogP contribution in [0.2, 0.25) is 0 Å². The Morgan fingerprint density at radius 3 is 2.43 bits per heavy atom. The van der Waals surface area contributed by atoms with Crippen molar-refractivity contribution in [2.24, 2.45) is 5.92 Å². The lowest BCUT2D eigenvalue weighted by atomic mass is 9.91. The van der Waals surface area contributed by atoms with Crippen LogP contribution in [-0.4, -0.2) is 147 Å². The van der Waals surface area contributed by atoms with E-state index in [0.29, 0.717) is 66.8 Å². The Morgan fingerprint density at radius 2 is 1.69 bits per heavy atom. The first-order valence-electron chi connectivity index (χ1n) is 25.9. The second kappa shape index (κ2) is 22.3. The fourth-order valence-corrected chi connectivity index (χ4v) is 12.0. The number of piperazine rings is 2. The van der Waals surface area contributed by atoms with Gasteiger partial charge in [0.1, 0.15) is 30.9 Å². The van der Waals surface area contributed by atoms with Gasteiger partial charge < -0.3 is 44.9 Å². The van der Waals surface area contributed by atoms with Crippen LogP contribution in [0.4, 0.5) is 17.2 Å². The zero-order valence-electron chi connectivity index (χ0n) is 42.8. The largest absolute Gasteiger partial charge is 0.507 e. The normalized spacial score (nSPS) is 21.0. The minimum Gasteiger partial charge on any atom is -0.507 e. The van der Waals surface area contributed by atoms with Crippen LogP contribution in [-0.2, 0) is 9.59 Å². The number of anilines is 3. The molecule has 389 valence electrons. The number of carbonyl (C=O) groups is 2. The smallest absolute Gasteiger partial charge is 0.254 e. The molecule has 10 rings (SSSR count). The van der Waals surface area contributed by atoms with Crippen molar-refractivity contribution in [2.75, 3.05) is 81.1 Å². The maximum Gasteiger partial charge on any atom is 0.254 e. The van der Waals surface area contributed by atoms with Crippen molar-refractivity contribution in [1.29, 1.82) is 0 Å². The predicted molar refractivity (Wildman–Crippen MR) is 285 cm³/mol. The maximum atomic E-state index is 14.2. The summed E-state index contributed by atoms with van der Waals surface area (Å²) in [7, 11) is 0. The van der Waals surface area contributed by atoms with E-state index in [1.807, 2.05) is 76.2 Å². The number of carbonyl (C=O) groups excluding carboxylic acids is 2. The zero-order chi connectivity index (χ0) is 51.5. The van der Waals surface area contributed by atoms with E-state index < -0.39 is 12.0 Å². The Bertz CT molecular complexity index is 2880. The summed E-state index contributed by atoms with van der Waals surface area (Å²) in [4.78, 5) is 49.3. The Hall–Kier alpha value is -6.83. The van der Waals surface area contributed by atoms with Gasteiger partial charge in [0.25, 0.3) is 5.88 Å². The van der Waals surface area contributed by atoms with E-state index in [0.717, 1.165) is 91.7 Å². The Morgan fingerprint density at radius 1 is 0.919 bits per heavy atom. The number of phenolic OH excluding ortho intramolecular Hbond substituents is 1. The van der Waals surface area contributed by atoms with Crippen molar-refractivity contribution in [3.05, 3.63) is 108 Å². The topological polar surface area (TPSA) is 205 Å². The molecule has 4 aliphatic rings. The predicted octanol–water partition coefficient (Wildman–Crippen LogP) is 6.99. The lowest BCUT2D eigenvalue weighted by Gasteiger charge is -2.43. The number of benzene rings is 2. The van der Waals surface area contributed by atoms with E-state index in [4.69, 9.17) is 19.7 Å². The molecule has 74 heavy (non-hydrogen) atoms. The lowest BCUT2D eigenvalue weighted by molar-refractivity contribution is -0.141. The number of nitrogens with one attached hydrogen (secondary N) is 1. The first-order chi connectivity index (χ1) is 35.9. The zero-order valence-corrected chi connectivity index (χ0v) is 43.7. The number of aryl methyl sites for hydroxylation is 1. The molecule has 0 saturated carbocycles. The van der Waals surface area contributed by atoms with E-state index in [1.165, 1.54) is 0 Å². The molecule has 4 saturated heterocycles. The number of rotatable bonds is 18. The van der Waals surface area contributed by atoms with E-state index in [9.17, 15) is 14.7 Å². The number of likely N-dealkylation sites (tertiary alicyclic amines) is 1. The summed E-state index contributed by atoms with van der Waals surface area (Å²) in [6.45, 7) is 17.3. The number of nitrogens with two attached hydrogens (primary N) is 1. The summed E-state index contributed by atoms with van der Waals surface area (Å²) in [5.74, 6) is 0.859. The number of thiazole rings is 1. The van der Waals surface area contributed by atoms with Gasteiger partial charge in [-0.2, -0.15) is 0 Å². The third kappa shape index (κ3) is 11.0. The van der Waals surface area contributed by atoms with Crippen molar-refractivity contribution in [2.45, 2.75) is 90.0 Å². The minimum atomic E-state index is -0.624.